The molecule has 0 radical (unpaired) electrons. The molecule has 0 aliphatic heterocycles. The Morgan fingerprint density at radius 1 is 0.578 bits per heavy atom. The molecule has 5 aromatic rings. The van der Waals surface area contributed by atoms with E-state index in [2.05, 4.69) is 135 Å². The van der Waals surface area contributed by atoms with Gasteiger partial charge in [0.1, 0.15) is 5.75 Å². The number of esters is 1. The van der Waals surface area contributed by atoms with Crippen molar-refractivity contribution in [3.05, 3.63) is 137 Å². The highest BCUT2D eigenvalue weighted by molar-refractivity contribution is 5.85. The van der Waals surface area contributed by atoms with E-state index < -0.39 is 0 Å². The van der Waals surface area contributed by atoms with Gasteiger partial charge in [-0.1, -0.05) is 50.2 Å². The van der Waals surface area contributed by atoms with Crippen molar-refractivity contribution in [2.75, 3.05) is 9.80 Å². The normalized spacial score (nSPS) is 11.6. The van der Waals surface area contributed by atoms with E-state index in [0.29, 0.717) is 5.75 Å². The zero-order valence-corrected chi connectivity index (χ0v) is 27.8. The number of ether oxygens (including phenoxy) is 1. The Hall–Kier alpha value is -4.83. The van der Waals surface area contributed by atoms with Crippen LogP contribution in [0.4, 0.5) is 34.1 Å². The first-order valence-corrected chi connectivity index (χ1v) is 15.8. The van der Waals surface area contributed by atoms with Gasteiger partial charge in [-0.3, -0.25) is 4.79 Å². The van der Waals surface area contributed by atoms with Gasteiger partial charge < -0.3 is 14.5 Å². The van der Waals surface area contributed by atoms with E-state index in [4.69, 9.17) is 4.74 Å². The van der Waals surface area contributed by atoms with Gasteiger partial charge in [-0.05, 0) is 148 Å². The van der Waals surface area contributed by atoms with E-state index in [1.807, 2.05) is 32.9 Å². The minimum atomic E-state index is -0.197. The zero-order chi connectivity index (χ0) is 32.2. The topological polar surface area (TPSA) is 32.8 Å². The van der Waals surface area contributed by atoms with Crippen LogP contribution in [0.5, 0.6) is 5.75 Å². The van der Waals surface area contributed by atoms with Crippen LogP contribution < -0.4 is 14.5 Å². The van der Waals surface area contributed by atoms with Crippen molar-refractivity contribution in [3.63, 3.8) is 0 Å². The molecule has 0 saturated heterocycles. The number of hydrogen-bond donors (Lipinski definition) is 0. The minimum absolute atomic E-state index is 0.142. The van der Waals surface area contributed by atoms with Crippen LogP contribution in [0.3, 0.4) is 0 Å². The van der Waals surface area contributed by atoms with Crippen LogP contribution in [-0.4, -0.2) is 5.97 Å². The predicted octanol–water partition coefficient (Wildman–Crippen LogP) is 11.4. The van der Waals surface area contributed by atoms with E-state index in [1.54, 1.807) is 0 Å². The van der Waals surface area contributed by atoms with E-state index in [9.17, 15) is 4.79 Å². The number of carbonyl (C=O) groups is 1. The predicted molar refractivity (Wildman–Crippen MR) is 189 cm³/mol. The summed E-state index contributed by atoms with van der Waals surface area (Å²) in [5.74, 6) is 0.261. The van der Waals surface area contributed by atoms with Crippen molar-refractivity contribution in [3.8, 4) is 5.75 Å². The van der Waals surface area contributed by atoms with Crippen LogP contribution in [0, 0.1) is 47.5 Å². The Morgan fingerprint density at radius 2 is 1.00 bits per heavy atom. The lowest BCUT2D eigenvalue weighted by atomic mass is 10.0. The molecule has 0 fully saturated rings. The van der Waals surface area contributed by atoms with Crippen LogP contribution in [0.2, 0.25) is 0 Å². The third-order valence-electron chi connectivity index (χ3n) is 8.42. The average molecular weight is 597 g/mol. The van der Waals surface area contributed by atoms with Gasteiger partial charge >= 0.3 is 5.97 Å². The molecule has 0 saturated carbocycles. The second-order valence-corrected chi connectivity index (χ2v) is 12.3. The molecule has 1 unspecified atom stereocenters. The third kappa shape index (κ3) is 6.96. The van der Waals surface area contributed by atoms with E-state index in [1.165, 1.54) is 16.7 Å². The highest BCUT2D eigenvalue weighted by atomic mass is 16.5. The summed E-state index contributed by atoms with van der Waals surface area (Å²) >= 11 is 0. The van der Waals surface area contributed by atoms with Gasteiger partial charge in [0.2, 0.25) is 0 Å². The monoisotopic (exact) mass is 596 g/mol. The smallest absolute Gasteiger partial charge is 0.314 e. The molecular formula is C41H44N2O2. The fraction of sp³-hybridized carbons (Fsp3) is 0.244. The molecule has 1 atom stereocenters. The Kier molecular flexibility index (Phi) is 9.43. The van der Waals surface area contributed by atoms with Gasteiger partial charge in [0.15, 0.2) is 0 Å². The molecule has 5 aromatic carbocycles. The summed E-state index contributed by atoms with van der Waals surface area (Å²) in [6.07, 6.45) is 0.747. The lowest BCUT2D eigenvalue weighted by Crippen LogP contribution is -2.18. The Bertz CT molecular complexity index is 1790. The highest BCUT2D eigenvalue weighted by Crippen LogP contribution is 2.44. The molecule has 0 spiro atoms. The lowest BCUT2D eigenvalue weighted by molar-refractivity contribution is -0.138. The first-order valence-electron chi connectivity index (χ1n) is 15.8. The van der Waals surface area contributed by atoms with Crippen molar-refractivity contribution >= 4 is 40.1 Å². The Balaban J connectivity index is 1.64. The van der Waals surface area contributed by atoms with E-state index >= 15 is 0 Å². The first-order chi connectivity index (χ1) is 21.5. The minimum Gasteiger partial charge on any atom is -0.426 e. The van der Waals surface area contributed by atoms with Gasteiger partial charge in [0.25, 0.3) is 0 Å². The standard InChI is InChI=1S/C41H44N2O2/c1-9-30(5)41(44)45-40-20-19-37(24-33(40)8)43(36-18-12-15-29(4)23-36)39-26-31(6)38(25-32(39)7)42(34-16-10-13-27(2)21-34)35-17-11-14-28(3)22-35/h10-26,30H,9H2,1-8H3. The van der Waals surface area contributed by atoms with Gasteiger partial charge in [-0.2, -0.15) is 0 Å². The van der Waals surface area contributed by atoms with Gasteiger partial charge in [-0.25, -0.2) is 0 Å². The molecular weight excluding hydrogens is 552 g/mol. The average Bonchev–Trinajstić information content (AvgIpc) is 3.00. The second kappa shape index (κ2) is 13.4. The number of rotatable bonds is 9. The molecule has 0 N–H and O–H groups in total. The molecule has 4 heteroatoms. The molecule has 4 nitrogen and oxygen atoms in total. The fourth-order valence-electron chi connectivity index (χ4n) is 5.69. The molecule has 0 aromatic heterocycles. The molecule has 0 aliphatic rings. The lowest BCUT2D eigenvalue weighted by Gasteiger charge is -2.32. The van der Waals surface area contributed by atoms with Crippen molar-refractivity contribution < 1.29 is 9.53 Å². The number of aryl methyl sites for hydroxylation is 6. The third-order valence-corrected chi connectivity index (χ3v) is 8.42. The zero-order valence-electron chi connectivity index (χ0n) is 27.8. The number of carbonyl (C=O) groups excluding carboxylic acids is 1. The van der Waals surface area contributed by atoms with Crippen molar-refractivity contribution in [1.82, 2.24) is 0 Å². The molecule has 0 bridgehead atoms. The molecule has 45 heavy (non-hydrogen) atoms. The largest absolute Gasteiger partial charge is 0.426 e. The fourth-order valence-corrected chi connectivity index (χ4v) is 5.69. The maximum atomic E-state index is 12.6. The first kappa shape index (κ1) is 31.6. The number of nitrogens with zero attached hydrogens (tertiary/aromatic N) is 2. The van der Waals surface area contributed by atoms with Gasteiger partial charge in [-0.15, -0.1) is 0 Å². The summed E-state index contributed by atoms with van der Waals surface area (Å²) in [7, 11) is 0. The maximum absolute atomic E-state index is 12.6. The summed E-state index contributed by atoms with van der Waals surface area (Å²) in [6, 6.07) is 36.6. The van der Waals surface area contributed by atoms with Crippen LogP contribution >= 0.6 is 0 Å². The van der Waals surface area contributed by atoms with E-state index in [0.717, 1.165) is 57.2 Å². The van der Waals surface area contributed by atoms with Crippen LogP contribution in [0.1, 0.15) is 53.6 Å². The number of hydrogen-bond acceptors (Lipinski definition) is 4. The number of anilines is 6. The van der Waals surface area contributed by atoms with Crippen molar-refractivity contribution in [1.29, 1.82) is 0 Å². The van der Waals surface area contributed by atoms with E-state index in [-0.39, 0.29) is 11.9 Å². The summed E-state index contributed by atoms with van der Waals surface area (Å²) in [5.41, 5.74) is 13.4. The molecule has 0 amide bonds. The van der Waals surface area contributed by atoms with Gasteiger partial charge in [0, 0.05) is 34.1 Å². The summed E-state index contributed by atoms with van der Waals surface area (Å²) in [5, 5.41) is 0. The van der Waals surface area contributed by atoms with Crippen LogP contribution in [0.25, 0.3) is 0 Å². The summed E-state index contributed by atoms with van der Waals surface area (Å²) < 4.78 is 5.79. The highest BCUT2D eigenvalue weighted by Gasteiger charge is 2.22. The molecule has 0 aliphatic carbocycles. The molecule has 0 heterocycles. The van der Waals surface area contributed by atoms with Crippen LogP contribution in [-0.2, 0) is 4.79 Å². The molecule has 230 valence electrons. The molecule has 5 rings (SSSR count). The van der Waals surface area contributed by atoms with Gasteiger partial charge in [0.05, 0.1) is 5.92 Å². The van der Waals surface area contributed by atoms with Crippen LogP contribution in [0.15, 0.2) is 103 Å². The Morgan fingerprint density at radius 3 is 1.38 bits per heavy atom. The van der Waals surface area contributed by atoms with Crippen molar-refractivity contribution in [2.24, 2.45) is 5.92 Å². The maximum Gasteiger partial charge on any atom is 0.314 e. The summed E-state index contributed by atoms with van der Waals surface area (Å²) in [4.78, 5) is 17.2. The quantitative estimate of drug-likeness (QED) is 0.125. The SMILES string of the molecule is CCC(C)C(=O)Oc1ccc(N(c2cccc(C)c2)c2cc(C)c(N(c3cccc(C)c3)c3cccc(C)c3)cc2C)cc1C. The number of benzene rings is 5. The summed E-state index contributed by atoms with van der Waals surface area (Å²) in [6.45, 7) is 16.7. The Labute approximate surface area is 268 Å². The van der Waals surface area contributed by atoms with Crippen molar-refractivity contribution in [2.45, 2.75) is 61.8 Å². The second-order valence-electron chi connectivity index (χ2n) is 12.3.